The van der Waals surface area contributed by atoms with E-state index in [1.54, 1.807) is 0 Å². The Kier molecular flexibility index (Phi) is 5.34. The Labute approximate surface area is 158 Å². The zero-order valence-corrected chi connectivity index (χ0v) is 15.5. The number of carbonyl (C=O) groups is 1. The van der Waals surface area contributed by atoms with Crippen LogP contribution in [0.25, 0.3) is 0 Å². The maximum atomic E-state index is 12.5. The lowest BCUT2D eigenvalue weighted by Gasteiger charge is -2.18. The van der Waals surface area contributed by atoms with Gasteiger partial charge in [-0.1, -0.05) is 30.3 Å². The Morgan fingerprint density at radius 1 is 1.08 bits per heavy atom. The average molecular weight is 369 g/mol. The highest BCUT2D eigenvalue weighted by Gasteiger charge is 2.33. The van der Waals surface area contributed by atoms with Gasteiger partial charge in [0.1, 0.15) is 0 Å². The Hall–Kier alpha value is -2.14. The molecule has 26 heavy (non-hydrogen) atoms. The summed E-state index contributed by atoms with van der Waals surface area (Å²) >= 11 is 1.53. The van der Waals surface area contributed by atoms with E-state index in [4.69, 9.17) is 9.47 Å². The van der Waals surface area contributed by atoms with Crippen LogP contribution in [0, 0.1) is 5.92 Å². The number of rotatable bonds is 6. The normalized spacial score (nSPS) is 17.2. The molecule has 2 aromatic carbocycles. The molecule has 5 heteroatoms. The minimum Gasteiger partial charge on any atom is -0.490 e. The summed E-state index contributed by atoms with van der Waals surface area (Å²) < 4.78 is 11.4. The number of amides is 1. The third kappa shape index (κ3) is 4.33. The van der Waals surface area contributed by atoms with Crippen molar-refractivity contribution >= 4 is 17.7 Å². The van der Waals surface area contributed by atoms with Crippen molar-refractivity contribution in [3.8, 4) is 11.5 Å². The molecule has 2 aliphatic rings. The van der Waals surface area contributed by atoms with E-state index < -0.39 is 0 Å². The van der Waals surface area contributed by atoms with Crippen molar-refractivity contribution in [2.75, 3.05) is 19.0 Å². The molecule has 0 spiro atoms. The lowest BCUT2D eigenvalue weighted by Crippen LogP contribution is -2.31. The largest absolute Gasteiger partial charge is 0.490 e. The molecule has 1 heterocycles. The van der Waals surface area contributed by atoms with E-state index >= 15 is 0 Å². The Morgan fingerprint density at radius 2 is 1.85 bits per heavy atom. The smallest absolute Gasteiger partial charge is 0.230 e. The van der Waals surface area contributed by atoms with Crippen LogP contribution < -0.4 is 14.8 Å². The highest BCUT2D eigenvalue weighted by molar-refractivity contribution is 8.00. The van der Waals surface area contributed by atoms with Crippen molar-refractivity contribution < 1.29 is 14.3 Å². The van der Waals surface area contributed by atoms with Crippen LogP contribution >= 0.6 is 11.8 Å². The molecule has 1 N–H and O–H groups in total. The summed E-state index contributed by atoms with van der Waals surface area (Å²) in [4.78, 5) is 13.5. The fourth-order valence-electron chi connectivity index (χ4n) is 3.16. The van der Waals surface area contributed by atoms with E-state index in [9.17, 15) is 4.79 Å². The van der Waals surface area contributed by atoms with Crippen LogP contribution in [0.4, 0.5) is 0 Å². The number of ether oxygens (including phenoxy) is 2. The zero-order valence-electron chi connectivity index (χ0n) is 14.6. The van der Waals surface area contributed by atoms with Crippen molar-refractivity contribution in [1.29, 1.82) is 0 Å². The average Bonchev–Trinajstić information content (AvgIpc) is 3.52. The van der Waals surface area contributed by atoms with Gasteiger partial charge in [-0.15, -0.1) is 11.8 Å². The molecule has 1 aliphatic carbocycles. The van der Waals surface area contributed by atoms with Gasteiger partial charge in [-0.25, -0.2) is 0 Å². The van der Waals surface area contributed by atoms with Crippen LogP contribution in [0.15, 0.2) is 53.4 Å². The molecule has 1 amide bonds. The van der Waals surface area contributed by atoms with E-state index in [-0.39, 0.29) is 11.9 Å². The molecule has 4 nitrogen and oxygen atoms in total. The molecule has 1 atom stereocenters. The summed E-state index contributed by atoms with van der Waals surface area (Å²) in [5.74, 6) is 2.60. The first-order chi connectivity index (χ1) is 12.8. The molecule has 2 aromatic rings. The summed E-state index contributed by atoms with van der Waals surface area (Å²) in [6, 6.07) is 16.3. The van der Waals surface area contributed by atoms with Crippen molar-refractivity contribution in [1.82, 2.24) is 5.32 Å². The van der Waals surface area contributed by atoms with E-state index in [0.717, 1.165) is 22.8 Å². The van der Waals surface area contributed by atoms with Crippen LogP contribution in [0.5, 0.6) is 11.5 Å². The number of benzene rings is 2. The standard InChI is InChI=1S/C21H23NO3S/c23-20(22-21(16-7-8-16)15-5-2-1-3-6-15)14-26-17-9-10-18-19(13-17)25-12-4-11-24-18/h1-3,5-6,9-10,13,16,21H,4,7-8,11-12,14H2,(H,22,23). The van der Waals surface area contributed by atoms with Gasteiger partial charge in [-0.3, -0.25) is 4.79 Å². The van der Waals surface area contributed by atoms with E-state index in [1.807, 2.05) is 36.4 Å². The topological polar surface area (TPSA) is 47.6 Å². The van der Waals surface area contributed by atoms with Crippen LogP contribution in [0.3, 0.4) is 0 Å². The predicted octanol–water partition coefficient (Wildman–Crippen LogP) is 4.21. The SMILES string of the molecule is O=C(CSc1ccc2c(c1)OCCCO2)NC(c1ccccc1)C1CC1. The molecular weight excluding hydrogens is 346 g/mol. The fourth-order valence-corrected chi connectivity index (χ4v) is 3.90. The van der Waals surface area contributed by atoms with Gasteiger partial charge in [-0.05, 0) is 42.5 Å². The Bertz CT molecular complexity index is 761. The number of thioether (sulfide) groups is 1. The second-order valence-corrected chi connectivity index (χ2v) is 7.79. The Morgan fingerprint density at radius 3 is 2.62 bits per heavy atom. The van der Waals surface area contributed by atoms with Gasteiger partial charge in [0.15, 0.2) is 11.5 Å². The lowest BCUT2D eigenvalue weighted by molar-refractivity contribution is -0.119. The molecule has 1 unspecified atom stereocenters. The minimum absolute atomic E-state index is 0.0721. The van der Waals surface area contributed by atoms with E-state index in [0.29, 0.717) is 24.9 Å². The quantitative estimate of drug-likeness (QED) is 0.775. The predicted molar refractivity (Wildman–Crippen MR) is 103 cm³/mol. The number of nitrogens with one attached hydrogen (secondary N) is 1. The molecular formula is C21H23NO3S. The summed E-state index contributed by atoms with van der Waals surface area (Å²) in [6.07, 6.45) is 3.27. The third-order valence-corrected chi connectivity index (χ3v) is 5.65. The monoisotopic (exact) mass is 369 g/mol. The van der Waals surface area contributed by atoms with E-state index in [1.165, 1.54) is 30.2 Å². The summed E-state index contributed by atoms with van der Waals surface area (Å²) in [5.41, 5.74) is 1.20. The van der Waals surface area contributed by atoms with Gasteiger partial charge in [0.2, 0.25) is 5.91 Å². The fraction of sp³-hybridized carbons (Fsp3) is 0.381. The number of carbonyl (C=O) groups excluding carboxylic acids is 1. The van der Waals surface area contributed by atoms with Crippen molar-refractivity contribution in [3.63, 3.8) is 0 Å². The first-order valence-electron chi connectivity index (χ1n) is 9.16. The molecule has 0 bridgehead atoms. The maximum Gasteiger partial charge on any atom is 0.230 e. The summed E-state index contributed by atoms with van der Waals surface area (Å²) in [5, 5.41) is 3.22. The van der Waals surface area contributed by atoms with Crippen LogP contribution in [0.2, 0.25) is 0 Å². The van der Waals surface area contributed by atoms with Gasteiger partial charge >= 0.3 is 0 Å². The van der Waals surface area contributed by atoms with Gasteiger partial charge in [-0.2, -0.15) is 0 Å². The lowest BCUT2D eigenvalue weighted by atomic mass is 10.0. The first kappa shape index (κ1) is 17.3. The minimum atomic E-state index is 0.0721. The maximum absolute atomic E-state index is 12.5. The van der Waals surface area contributed by atoms with Crippen LogP contribution in [-0.4, -0.2) is 24.9 Å². The molecule has 1 aliphatic heterocycles. The van der Waals surface area contributed by atoms with Gasteiger partial charge in [0.05, 0.1) is 25.0 Å². The molecule has 0 radical (unpaired) electrons. The highest BCUT2D eigenvalue weighted by Crippen LogP contribution is 2.41. The summed E-state index contributed by atoms with van der Waals surface area (Å²) in [7, 11) is 0. The second-order valence-electron chi connectivity index (χ2n) is 6.74. The van der Waals surface area contributed by atoms with Crippen LogP contribution in [0.1, 0.15) is 30.9 Å². The number of fused-ring (bicyclic) bond motifs is 1. The zero-order chi connectivity index (χ0) is 17.8. The second kappa shape index (κ2) is 8.04. The van der Waals surface area contributed by atoms with Crippen molar-refractivity contribution in [2.24, 2.45) is 5.92 Å². The van der Waals surface area contributed by atoms with Crippen molar-refractivity contribution in [2.45, 2.75) is 30.2 Å². The van der Waals surface area contributed by atoms with Gasteiger partial charge < -0.3 is 14.8 Å². The molecule has 0 aromatic heterocycles. The van der Waals surface area contributed by atoms with Gasteiger partial charge in [0.25, 0.3) is 0 Å². The molecule has 136 valence electrons. The van der Waals surface area contributed by atoms with Gasteiger partial charge in [0, 0.05) is 11.3 Å². The molecule has 1 fully saturated rings. The highest BCUT2D eigenvalue weighted by atomic mass is 32.2. The summed E-state index contributed by atoms with van der Waals surface area (Å²) in [6.45, 7) is 1.35. The van der Waals surface area contributed by atoms with E-state index in [2.05, 4.69) is 17.4 Å². The third-order valence-electron chi connectivity index (χ3n) is 4.66. The first-order valence-corrected chi connectivity index (χ1v) is 10.1. The number of hydrogen-bond donors (Lipinski definition) is 1. The Balaban J connectivity index is 1.35. The molecule has 1 saturated carbocycles. The molecule has 4 rings (SSSR count). The number of hydrogen-bond acceptors (Lipinski definition) is 4. The molecule has 0 saturated heterocycles. The van der Waals surface area contributed by atoms with Crippen LogP contribution in [-0.2, 0) is 4.79 Å². The van der Waals surface area contributed by atoms with Crippen molar-refractivity contribution in [3.05, 3.63) is 54.1 Å².